The molecule has 2 N–H and O–H groups in total. The van der Waals surface area contributed by atoms with Crippen molar-refractivity contribution in [1.82, 2.24) is 9.97 Å². The molecule has 0 amide bonds. The van der Waals surface area contributed by atoms with Gasteiger partial charge in [0.05, 0.1) is 11.9 Å². The van der Waals surface area contributed by atoms with Gasteiger partial charge in [-0.1, -0.05) is 72.8 Å². The van der Waals surface area contributed by atoms with Crippen molar-refractivity contribution in [3.05, 3.63) is 96.6 Å². The molecule has 0 radical (unpaired) electrons. The Morgan fingerprint density at radius 2 is 1.39 bits per heavy atom. The first-order chi connectivity index (χ1) is 13.8. The first kappa shape index (κ1) is 17.4. The number of nitrogens with zero attached hydrogens (tertiary/aromatic N) is 3. The summed E-state index contributed by atoms with van der Waals surface area (Å²) in [6.07, 6.45) is 1.56. The van der Waals surface area contributed by atoms with Gasteiger partial charge in [0.25, 0.3) is 0 Å². The Kier molecular flexibility index (Phi) is 5.06. The molecule has 0 saturated heterocycles. The van der Waals surface area contributed by atoms with Crippen molar-refractivity contribution in [2.24, 2.45) is 5.10 Å². The van der Waals surface area contributed by atoms with Crippen LogP contribution in [0.25, 0.3) is 22.6 Å². The number of rotatable bonds is 5. The van der Waals surface area contributed by atoms with Crippen LogP contribution in [0.15, 0.2) is 96.1 Å². The second-order valence-corrected chi connectivity index (χ2v) is 6.12. The molecule has 4 aromatic rings. The predicted molar refractivity (Wildman–Crippen MR) is 112 cm³/mol. The van der Waals surface area contributed by atoms with Gasteiger partial charge in [-0.2, -0.15) is 5.10 Å². The standard InChI is InChI=1S/C23H18N4O/c28-21-14-8-7-13-19(21)16-24-27-22-15-20(17-9-3-1-4-10-17)25-23(26-22)18-11-5-2-6-12-18/h1-16,28H,(H,25,26,27)/b24-16-. The number of benzene rings is 3. The van der Waals surface area contributed by atoms with E-state index in [0.717, 1.165) is 16.8 Å². The summed E-state index contributed by atoms with van der Waals surface area (Å²) in [5, 5.41) is 14.1. The summed E-state index contributed by atoms with van der Waals surface area (Å²) in [5.41, 5.74) is 6.29. The van der Waals surface area contributed by atoms with Gasteiger partial charge in [0, 0.05) is 22.8 Å². The second kappa shape index (κ2) is 8.14. The average molecular weight is 366 g/mol. The van der Waals surface area contributed by atoms with E-state index in [2.05, 4.69) is 15.5 Å². The van der Waals surface area contributed by atoms with E-state index in [0.29, 0.717) is 17.2 Å². The topological polar surface area (TPSA) is 70.4 Å². The normalized spacial score (nSPS) is 10.9. The summed E-state index contributed by atoms with van der Waals surface area (Å²) >= 11 is 0. The van der Waals surface area contributed by atoms with E-state index in [-0.39, 0.29) is 5.75 Å². The Morgan fingerprint density at radius 3 is 2.11 bits per heavy atom. The molecular formula is C23H18N4O. The van der Waals surface area contributed by atoms with Gasteiger partial charge in [0.15, 0.2) is 11.6 Å². The minimum Gasteiger partial charge on any atom is -0.507 e. The van der Waals surface area contributed by atoms with E-state index in [9.17, 15) is 5.11 Å². The molecule has 0 saturated carbocycles. The number of anilines is 1. The lowest BCUT2D eigenvalue weighted by Crippen LogP contribution is -1.99. The largest absolute Gasteiger partial charge is 0.507 e. The molecular weight excluding hydrogens is 348 g/mol. The lowest BCUT2D eigenvalue weighted by atomic mass is 10.1. The monoisotopic (exact) mass is 366 g/mol. The molecule has 0 aliphatic carbocycles. The van der Waals surface area contributed by atoms with Crippen LogP contribution < -0.4 is 5.43 Å². The average Bonchev–Trinajstić information content (AvgIpc) is 2.76. The second-order valence-electron chi connectivity index (χ2n) is 6.12. The van der Waals surface area contributed by atoms with Gasteiger partial charge in [-0.05, 0) is 12.1 Å². The lowest BCUT2D eigenvalue weighted by Gasteiger charge is -2.08. The Bertz CT molecular complexity index is 1040. The molecule has 0 spiro atoms. The van der Waals surface area contributed by atoms with Crippen molar-refractivity contribution < 1.29 is 5.11 Å². The van der Waals surface area contributed by atoms with Crippen LogP contribution in [0.2, 0.25) is 0 Å². The molecule has 5 nitrogen and oxygen atoms in total. The van der Waals surface area contributed by atoms with E-state index in [1.807, 2.05) is 72.8 Å². The fourth-order valence-electron chi connectivity index (χ4n) is 2.74. The van der Waals surface area contributed by atoms with Crippen LogP contribution >= 0.6 is 0 Å². The highest BCUT2D eigenvalue weighted by Gasteiger charge is 2.08. The highest BCUT2D eigenvalue weighted by Crippen LogP contribution is 2.24. The molecule has 0 unspecified atom stereocenters. The van der Waals surface area contributed by atoms with Crippen LogP contribution in [-0.2, 0) is 0 Å². The third kappa shape index (κ3) is 4.04. The lowest BCUT2D eigenvalue weighted by molar-refractivity contribution is 0.474. The molecule has 3 aromatic carbocycles. The van der Waals surface area contributed by atoms with Crippen LogP contribution in [-0.4, -0.2) is 21.3 Å². The van der Waals surface area contributed by atoms with E-state index < -0.39 is 0 Å². The number of aromatic hydroxyl groups is 1. The van der Waals surface area contributed by atoms with Crippen molar-refractivity contribution in [1.29, 1.82) is 0 Å². The van der Waals surface area contributed by atoms with Gasteiger partial charge >= 0.3 is 0 Å². The fraction of sp³-hybridized carbons (Fsp3) is 0. The highest BCUT2D eigenvalue weighted by molar-refractivity contribution is 5.83. The summed E-state index contributed by atoms with van der Waals surface area (Å²) < 4.78 is 0. The van der Waals surface area contributed by atoms with Crippen molar-refractivity contribution in [2.45, 2.75) is 0 Å². The van der Waals surface area contributed by atoms with E-state index in [4.69, 9.17) is 4.98 Å². The number of aromatic nitrogens is 2. The van der Waals surface area contributed by atoms with Gasteiger partial charge in [0.1, 0.15) is 5.75 Å². The third-order valence-electron chi connectivity index (χ3n) is 4.15. The number of para-hydroxylation sites is 1. The van der Waals surface area contributed by atoms with Gasteiger partial charge in [-0.3, -0.25) is 5.43 Å². The molecule has 28 heavy (non-hydrogen) atoms. The van der Waals surface area contributed by atoms with Crippen molar-refractivity contribution in [3.63, 3.8) is 0 Å². The van der Waals surface area contributed by atoms with Gasteiger partial charge in [0.2, 0.25) is 0 Å². The maximum Gasteiger partial charge on any atom is 0.162 e. The molecule has 4 rings (SSSR count). The number of hydrogen-bond donors (Lipinski definition) is 2. The predicted octanol–water partition coefficient (Wildman–Crippen LogP) is 4.96. The highest BCUT2D eigenvalue weighted by atomic mass is 16.3. The number of phenols is 1. The van der Waals surface area contributed by atoms with Crippen LogP contribution in [0.5, 0.6) is 5.75 Å². The van der Waals surface area contributed by atoms with Crippen molar-refractivity contribution in [2.75, 3.05) is 5.43 Å². The van der Waals surface area contributed by atoms with Crippen LogP contribution in [0.4, 0.5) is 5.82 Å². The number of phenolic OH excluding ortho intramolecular Hbond substituents is 1. The molecule has 5 heteroatoms. The Morgan fingerprint density at radius 1 is 0.750 bits per heavy atom. The molecule has 1 aromatic heterocycles. The first-order valence-electron chi connectivity index (χ1n) is 8.86. The molecule has 0 fully saturated rings. The number of hydrogen-bond acceptors (Lipinski definition) is 5. The van der Waals surface area contributed by atoms with Crippen LogP contribution in [0.3, 0.4) is 0 Å². The van der Waals surface area contributed by atoms with E-state index in [1.54, 1.807) is 24.4 Å². The summed E-state index contributed by atoms with van der Waals surface area (Å²) in [7, 11) is 0. The SMILES string of the molecule is Oc1ccccc1/C=N\Nc1cc(-c2ccccc2)nc(-c2ccccc2)n1. The minimum absolute atomic E-state index is 0.172. The molecule has 0 aliphatic heterocycles. The maximum absolute atomic E-state index is 9.85. The third-order valence-corrected chi connectivity index (χ3v) is 4.15. The Labute approximate surface area is 163 Å². The van der Waals surface area contributed by atoms with E-state index >= 15 is 0 Å². The first-order valence-corrected chi connectivity index (χ1v) is 8.86. The fourth-order valence-corrected chi connectivity index (χ4v) is 2.74. The zero-order valence-corrected chi connectivity index (χ0v) is 15.0. The quantitative estimate of drug-likeness (QED) is 0.387. The van der Waals surface area contributed by atoms with Gasteiger partial charge < -0.3 is 5.11 Å². The minimum atomic E-state index is 0.172. The van der Waals surface area contributed by atoms with Crippen molar-refractivity contribution in [3.8, 4) is 28.4 Å². The zero-order valence-electron chi connectivity index (χ0n) is 15.0. The van der Waals surface area contributed by atoms with E-state index in [1.165, 1.54) is 0 Å². The summed E-state index contributed by atoms with van der Waals surface area (Å²) in [6, 6.07) is 28.6. The smallest absolute Gasteiger partial charge is 0.162 e. The molecule has 0 aliphatic rings. The molecule has 0 bridgehead atoms. The van der Waals surface area contributed by atoms with Crippen molar-refractivity contribution >= 4 is 12.0 Å². The molecule has 136 valence electrons. The molecule has 0 atom stereocenters. The van der Waals surface area contributed by atoms with Gasteiger partial charge in [-0.25, -0.2) is 9.97 Å². The van der Waals surface area contributed by atoms with Gasteiger partial charge in [-0.15, -0.1) is 0 Å². The zero-order chi connectivity index (χ0) is 19.2. The number of nitrogens with one attached hydrogen (secondary N) is 1. The number of hydrazone groups is 1. The Hall–Kier alpha value is -3.99. The summed E-state index contributed by atoms with van der Waals surface area (Å²) in [5.74, 6) is 1.35. The van der Waals surface area contributed by atoms with Crippen LogP contribution in [0.1, 0.15) is 5.56 Å². The summed E-state index contributed by atoms with van der Waals surface area (Å²) in [6.45, 7) is 0. The maximum atomic E-state index is 9.85. The Balaban J connectivity index is 1.69. The van der Waals surface area contributed by atoms with Crippen LogP contribution in [0, 0.1) is 0 Å². The molecule has 1 heterocycles. The summed E-state index contributed by atoms with van der Waals surface area (Å²) in [4.78, 5) is 9.30.